The van der Waals surface area contributed by atoms with Gasteiger partial charge in [0.25, 0.3) is 0 Å². The number of carbonyl (C=O) groups is 2. The first-order chi connectivity index (χ1) is 8.70. The fourth-order valence-corrected chi connectivity index (χ4v) is 2.11. The summed E-state index contributed by atoms with van der Waals surface area (Å²) in [6, 6.07) is 0. The lowest BCUT2D eigenvalue weighted by atomic mass is 9.88. The lowest BCUT2D eigenvalue weighted by Gasteiger charge is -2.19. The Morgan fingerprint density at radius 1 is 1.44 bits per heavy atom. The van der Waals surface area contributed by atoms with E-state index in [0.717, 1.165) is 12.8 Å². The van der Waals surface area contributed by atoms with E-state index in [-0.39, 0.29) is 11.7 Å². The predicted octanol–water partition coefficient (Wildman–Crippen LogP) is 1.88. The van der Waals surface area contributed by atoms with Crippen LogP contribution in [0, 0.1) is 0 Å². The molecule has 0 amide bonds. The highest BCUT2D eigenvalue weighted by Crippen LogP contribution is 2.28. The lowest BCUT2D eigenvalue weighted by Crippen LogP contribution is -2.16. The highest BCUT2D eigenvalue weighted by Gasteiger charge is 2.23. The Kier molecular flexibility index (Phi) is 4.02. The third-order valence-corrected chi connectivity index (χ3v) is 3.03. The molecule has 1 aliphatic carbocycles. The molecule has 2 rings (SSSR count). The maximum absolute atomic E-state index is 11.4. The van der Waals surface area contributed by atoms with E-state index in [2.05, 4.69) is 9.97 Å². The Labute approximate surface area is 106 Å². The van der Waals surface area contributed by atoms with Gasteiger partial charge in [-0.25, -0.2) is 14.8 Å². The molecule has 5 nitrogen and oxygen atoms in total. The minimum Gasteiger partial charge on any atom is -0.462 e. The lowest BCUT2D eigenvalue weighted by molar-refractivity contribution is -0.120. The summed E-state index contributed by atoms with van der Waals surface area (Å²) < 4.78 is 4.86. The molecule has 1 atom stereocenters. The van der Waals surface area contributed by atoms with Crippen LogP contribution in [0.2, 0.25) is 0 Å². The average molecular weight is 248 g/mol. The molecule has 1 unspecified atom stereocenters. The number of nitrogens with zero attached hydrogens (tertiary/aromatic N) is 2. The molecular weight excluding hydrogens is 232 g/mol. The Balaban J connectivity index is 2.07. The van der Waals surface area contributed by atoms with E-state index in [1.807, 2.05) is 0 Å². The van der Waals surface area contributed by atoms with Crippen molar-refractivity contribution in [1.29, 1.82) is 0 Å². The molecule has 0 saturated heterocycles. The number of hydrogen-bond donors (Lipinski definition) is 0. The van der Waals surface area contributed by atoms with Crippen LogP contribution in [0.4, 0.5) is 0 Å². The van der Waals surface area contributed by atoms with Gasteiger partial charge in [0.2, 0.25) is 0 Å². The second-order valence-electron chi connectivity index (χ2n) is 4.38. The molecule has 1 fully saturated rings. The van der Waals surface area contributed by atoms with Crippen molar-refractivity contribution in [3.8, 4) is 0 Å². The SMILES string of the molecule is CCOC(=O)c1cnc(C2CCCC(=O)C2)nc1. The van der Waals surface area contributed by atoms with Gasteiger partial charge in [-0.05, 0) is 19.8 Å². The van der Waals surface area contributed by atoms with Crippen LogP contribution in [0.25, 0.3) is 0 Å². The van der Waals surface area contributed by atoms with E-state index in [1.165, 1.54) is 12.4 Å². The van der Waals surface area contributed by atoms with Crippen molar-refractivity contribution in [2.75, 3.05) is 6.61 Å². The van der Waals surface area contributed by atoms with Gasteiger partial charge in [0.05, 0.1) is 12.2 Å². The average Bonchev–Trinajstić information content (AvgIpc) is 2.39. The Bertz CT molecular complexity index is 442. The first kappa shape index (κ1) is 12.7. The second kappa shape index (κ2) is 5.71. The number of carbonyl (C=O) groups excluding carboxylic acids is 2. The van der Waals surface area contributed by atoms with Crippen LogP contribution >= 0.6 is 0 Å². The van der Waals surface area contributed by atoms with Crippen molar-refractivity contribution in [2.24, 2.45) is 0 Å². The molecule has 0 bridgehead atoms. The number of esters is 1. The first-order valence-corrected chi connectivity index (χ1v) is 6.21. The molecule has 1 aromatic rings. The molecule has 0 aromatic carbocycles. The van der Waals surface area contributed by atoms with E-state index in [0.29, 0.717) is 30.8 Å². The third-order valence-electron chi connectivity index (χ3n) is 3.03. The van der Waals surface area contributed by atoms with Gasteiger partial charge in [-0.1, -0.05) is 0 Å². The summed E-state index contributed by atoms with van der Waals surface area (Å²) in [4.78, 5) is 31.2. The zero-order chi connectivity index (χ0) is 13.0. The summed E-state index contributed by atoms with van der Waals surface area (Å²) in [6.07, 6.45) is 5.95. The third kappa shape index (κ3) is 2.91. The van der Waals surface area contributed by atoms with E-state index in [4.69, 9.17) is 4.74 Å². The zero-order valence-electron chi connectivity index (χ0n) is 10.4. The molecule has 0 spiro atoms. The van der Waals surface area contributed by atoms with E-state index in [9.17, 15) is 9.59 Å². The zero-order valence-corrected chi connectivity index (χ0v) is 10.4. The van der Waals surface area contributed by atoms with Crippen LogP contribution in [-0.4, -0.2) is 28.3 Å². The highest BCUT2D eigenvalue weighted by atomic mass is 16.5. The smallest absolute Gasteiger partial charge is 0.341 e. The highest BCUT2D eigenvalue weighted by molar-refractivity contribution is 5.88. The number of hydrogen-bond acceptors (Lipinski definition) is 5. The Hall–Kier alpha value is -1.78. The van der Waals surface area contributed by atoms with Crippen molar-refractivity contribution < 1.29 is 14.3 Å². The minimum atomic E-state index is -0.413. The van der Waals surface area contributed by atoms with Crippen molar-refractivity contribution in [1.82, 2.24) is 9.97 Å². The number of Topliss-reactive ketones (excluding diaryl/α,β-unsaturated/α-hetero) is 1. The number of ether oxygens (including phenoxy) is 1. The normalized spacial score (nSPS) is 19.6. The summed E-state index contributed by atoms with van der Waals surface area (Å²) in [7, 11) is 0. The summed E-state index contributed by atoms with van der Waals surface area (Å²) >= 11 is 0. The van der Waals surface area contributed by atoms with E-state index >= 15 is 0 Å². The van der Waals surface area contributed by atoms with Crippen molar-refractivity contribution in [3.63, 3.8) is 0 Å². The van der Waals surface area contributed by atoms with Gasteiger partial charge in [-0.15, -0.1) is 0 Å². The number of aromatic nitrogens is 2. The molecule has 1 aromatic heterocycles. The molecule has 0 radical (unpaired) electrons. The maximum atomic E-state index is 11.4. The first-order valence-electron chi connectivity index (χ1n) is 6.21. The van der Waals surface area contributed by atoms with Gasteiger partial charge in [0.1, 0.15) is 11.6 Å². The quantitative estimate of drug-likeness (QED) is 0.764. The summed E-state index contributed by atoms with van der Waals surface area (Å²) in [5.74, 6) is 0.603. The largest absolute Gasteiger partial charge is 0.462 e. The number of ketones is 1. The standard InChI is InChI=1S/C13H16N2O3/c1-2-18-13(17)10-7-14-12(15-8-10)9-4-3-5-11(16)6-9/h7-9H,2-6H2,1H3. The Morgan fingerprint density at radius 2 is 2.17 bits per heavy atom. The van der Waals surface area contributed by atoms with Crippen LogP contribution in [0.15, 0.2) is 12.4 Å². The van der Waals surface area contributed by atoms with Crippen molar-refractivity contribution in [3.05, 3.63) is 23.8 Å². The van der Waals surface area contributed by atoms with Gasteiger partial charge in [-0.3, -0.25) is 4.79 Å². The fourth-order valence-electron chi connectivity index (χ4n) is 2.11. The van der Waals surface area contributed by atoms with E-state index in [1.54, 1.807) is 6.92 Å². The Morgan fingerprint density at radius 3 is 2.78 bits per heavy atom. The summed E-state index contributed by atoms with van der Waals surface area (Å²) in [6.45, 7) is 2.08. The van der Waals surface area contributed by atoms with E-state index < -0.39 is 5.97 Å². The molecule has 1 saturated carbocycles. The monoisotopic (exact) mass is 248 g/mol. The molecule has 96 valence electrons. The molecule has 1 aliphatic rings. The minimum absolute atomic E-state index is 0.0995. The summed E-state index contributed by atoms with van der Waals surface area (Å²) in [5, 5.41) is 0. The van der Waals surface area contributed by atoms with Crippen LogP contribution in [-0.2, 0) is 9.53 Å². The van der Waals surface area contributed by atoms with Gasteiger partial charge in [-0.2, -0.15) is 0 Å². The molecule has 5 heteroatoms. The molecule has 0 N–H and O–H groups in total. The van der Waals surface area contributed by atoms with Crippen molar-refractivity contribution >= 4 is 11.8 Å². The van der Waals surface area contributed by atoms with Gasteiger partial charge in [0, 0.05) is 31.2 Å². The topological polar surface area (TPSA) is 69.2 Å². The molecular formula is C13H16N2O3. The molecule has 18 heavy (non-hydrogen) atoms. The van der Waals surface area contributed by atoms with Crippen molar-refractivity contribution in [2.45, 2.75) is 38.5 Å². The fraction of sp³-hybridized carbons (Fsp3) is 0.538. The predicted molar refractivity (Wildman–Crippen MR) is 64.2 cm³/mol. The molecule has 0 aliphatic heterocycles. The van der Waals surface area contributed by atoms with Gasteiger partial charge >= 0.3 is 5.97 Å². The van der Waals surface area contributed by atoms with Gasteiger partial charge < -0.3 is 4.74 Å². The van der Waals surface area contributed by atoms with Crippen LogP contribution in [0.3, 0.4) is 0 Å². The van der Waals surface area contributed by atoms with Gasteiger partial charge in [0.15, 0.2) is 0 Å². The summed E-state index contributed by atoms with van der Waals surface area (Å²) in [5.41, 5.74) is 0.350. The molecule has 1 heterocycles. The van der Waals surface area contributed by atoms with Crippen LogP contribution in [0.5, 0.6) is 0 Å². The number of rotatable bonds is 3. The second-order valence-corrected chi connectivity index (χ2v) is 4.38. The maximum Gasteiger partial charge on any atom is 0.341 e. The van der Waals surface area contributed by atoms with Crippen LogP contribution < -0.4 is 0 Å². The van der Waals surface area contributed by atoms with Crippen LogP contribution in [0.1, 0.15) is 54.7 Å².